The number of hydrogen-bond donors (Lipinski definition) is 3. The van der Waals surface area contributed by atoms with E-state index in [1.807, 2.05) is 0 Å². The number of nitrogen functional groups attached to an aromatic ring is 1. The van der Waals surface area contributed by atoms with Crippen molar-refractivity contribution >= 4 is 17.1 Å². The van der Waals surface area contributed by atoms with Crippen LogP contribution < -0.4 is 11.3 Å². The van der Waals surface area contributed by atoms with Gasteiger partial charge in [0.25, 0.3) is 5.56 Å². The summed E-state index contributed by atoms with van der Waals surface area (Å²) in [6.45, 7) is -0.283. The summed E-state index contributed by atoms with van der Waals surface area (Å²) in [5, 5.41) is 12.8. The summed E-state index contributed by atoms with van der Waals surface area (Å²) in [6, 6.07) is -0.511. The predicted molar refractivity (Wildman–Crippen MR) is 71.1 cm³/mol. The minimum absolute atomic E-state index is 0.0229. The fourth-order valence-electron chi connectivity index (χ4n) is 2.43. The Morgan fingerprint density at radius 1 is 1.71 bits per heavy atom. The maximum atomic E-state index is 12.0. The number of aromatic amines is 1. The largest absolute Gasteiger partial charge is 0.394 e. The molecule has 0 unspecified atom stereocenters. The fourth-order valence-corrected chi connectivity index (χ4v) is 2.43. The van der Waals surface area contributed by atoms with E-state index in [9.17, 15) is 9.90 Å². The summed E-state index contributed by atoms with van der Waals surface area (Å²) in [5.41, 5.74) is 14.0. The highest BCUT2D eigenvalue weighted by Gasteiger charge is 2.36. The standard InChI is InChI=1S/C10H12N8O3/c11-10-14-8-7(9(20)15-10)18(3-13-8)6-1-4(16-17-12)5(2-19)21-6/h3-6,19H,1-2H2,(H3,11,14,15,20)/t4-,5+,6+/m0/s1. The number of hydrogen-bond acceptors (Lipinski definition) is 7. The van der Waals surface area contributed by atoms with E-state index in [0.29, 0.717) is 6.42 Å². The van der Waals surface area contributed by atoms with Crippen molar-refractivity contribution < 1.29 is 9.84 Å². The average molecular weight is 292 g/mol. The summed E-state index contributed by atoms with van der Waals surface area (Å²) >= 11 is 0. The average Bonchev–Trinajstić information content (AvgIpc) is 3.02. The number of aromatic nitrogens is 4. The van der Waals surface area contributed by atoms with Gasteiger partial charge in [-0.2, -0.15) is 4.98 Å². The molecule has 1 fully saturated rings. The zero-order valence-corrected chi connectivity index (χ0v) is 10.7. The van der Waals surface area contributed by atoms with E-state index in [-0.39, 0.29) is 23.7 Å². The Kier molecular flexibility index (Phi) is 3.22. The molecular weight excluding hydrogens is 280 g/mol. The second-order valence-corrected chi connectivity index (χ2v) is 4.59. The molecule has 1 saturated heterocycles. The highest BCUT2D eigenvalue weighted by atomic mass is 16.5. The van der Waals surface area contributed by atoms with Crippen LogP contribution in [0, 0.1) is 0 Å². The van der Waals surface area contributed by atoms with E-state index in [4.69, 9.17) is 16.0 Å². The number of nitrogens with zero attached hydrogens (tertiary/aromatic N) is 6. The van der Waals surface area contributed by atoms with Gasteiger partial charge in [0.05, 0.1) is 25.1 Å². The quantitative estimate of drug-likeness (QED) is 0.397. The number of rotatable bonds is 3. The van der Waals surface area contributed by atoms with Crippen LogP contribution >= 0.6 is 0 Å². The van der Waals surface area contributed by atoms with Gasteiger partial charge in [-0.25, -0.2) is 4.98 Å². The number of aliphatic hydroxyl groups is 1. The highest BCUT2D eigenvalue weighted by Crippen LogP contribution is 2.32. The van der Waals surface area contributed by atoms with Gasteiger partial charge in [-0.15, -0.1) is 0 Å². The third-order valence-corrected chi connectivity index (χ3v) is 3.35. The van der Waals surface area contributed by atoms with E-state index in [1.165, 1.54) is 10.9 Å². The maximum absolute atomic E-state index is 12.0. The van der Waals surface area contributed by atoms with Gasteiger partial charge >= 0.3 is 0 Å². The lowest BCUT2D eigenvalue weighted by molar-refractivity contribution is -0.0231. The molecule has 0 aromatic carbocycles. The van der Waals surface area contributed by atoms with Gasteiger partial charge in [-0.1, -0.05) is 5.11 Å². The fraction of sp³-hybridized carbons (Fsp3) is 0.500. The summed E-state index contributed by atoms with van der Waals surface area (Å²) in [4.78, 5) is 25.0. The summed E-state index contributed by atoms with van der Waals surface area (Å²) in [6.07, 6.45) is 0.535. The molecule has 0 bridgehead atoms. The monoisotopic (exact) mass is 292 g/mol. The van der Waals surface area contributed by atoms with Crippen molar-refractivity contribution in [2.45, 2.75) is 24.8 Å². The molecule has 3 heterocycles. The first-order valence-electron chi connectivity index (χ1n) is 6.17. The molecule has 11 nitrogen and oxygen atoms in total. The van der Waals surface area contributed by atoms with Gasteiger partial charge in [0.15, 0.2) is 11.2 Å². The first kappa shape index (κ1) is 13.4. The van der Waals surface area contributed by atoms with Crippen molar-refractivity contribution in [1.29, 1.82) is 0 Å². The summed E-state index contributed by atoms with van der Waals surface area (Å²) in [7, 11) is 0. The molecule has 3 rings (SSSR count). The van der Waals surface area contributed by atoms with Crippen molar-refractivity contribution in [2.24, 2.45) is 5.11 Å². The van der Waals surface area contributed by atoms with Crippen LogP contribution in [0.1, 0.15) is 12.6 Å². The molecule has 0 radical (unpaired) electrons. The van der Waals surface area contributed by atoms with Gasteiger partial charge < -0.3 is 15.6 Å². The maximum Gasteiger partial charge on any atom is 0.278 e. The lowest BCUT2D eigenvalue weighted by atomic mass is 10.1. The normalized spacial score (nSPS) is 25.1. The van der Waals surface area contributed by atoms with E-state index in [2.05, 4.69) is 25.0 Å². The van der Waals surface area contributed by atoms with Crippen LogP contribution in [-0.2, 0) is 4.74 Å². The molecule has 21 heavy (non-hydrogen) atoms. The number of fused-ring (bicyclic) bond motifs is 1. The Morgan fingerprint density at radius 2 is 2.52 bits per heavy atom. The molecule has 1 aliphatic rings. The third kappa shape index (κ3) is 2.18. The number of anilines is 1. The van der Waals surface area contributed by atoms with Crippen LogP contribution in [0.2, 0.25) is 0 Å². The minimum Gasteiger partial charge on any atom is -0.394 e. The number of nitrogens with two attached hydrogens (primary N) is 1. The van der Waals surface area contributed by atoms with Crippen LogP contribution in [0.4, 0.5) is 5.95 Å². The molecule has 0 spiro atoms. The van der Waals surface area contributed by atoms with Crippen LogP contribution in [0.15, 0.2) is 16.2 Å². The lowest BCUT2D eigenvalue weighted by Crippen LogP contribution is -2.23. The molecule has 11 heteroatoms. The first-order valence-corrected chi connectivity index (χ1v) is 6.17. The van der Waals surface area contributed by atoms with Crippen molar-refractivity contribution in [1.82, 2.24) is 19.5 Å². The molecule has 110 valence electrons. The number of aliphatic hydroxyl groups excluding tert-OH is 1. The molecule has 0 amide bonds. The Labute approximate surface area is 117 Å². The topological polar surface area (TPSA) is 168 Å². The Bertz CT molecular complexity index is 776. The molecule has 4 N–H and O–H groups in total. The van der Waals surface area contributed by atoms with Crippen molar-refractivity contribution in [3.8, 4) is 0 Å². The van der Waals surface area contributed by atoms with Crippen LogP contribution in [-0.4, -0.2) is 43.4 Å². The van der Waals surface area contributed by atoms with Crippen molar-refractivity contribution in [3.63, 3.8) is 0 Å². The molecular formula is C10H12N8O3. The van der Waals surface area contributed by atoms with Gasteiger partial charge in [0, 0.05) is 11.3 Å². The Balaban J connectivity index is 2.02. The van der Waals surface area contributed by atoms with Crippen molar-refractivity contribution in [3.05, 3.63) is 27.1 Å². The number of ether oxygens (including phenoxy) is 1. The smallest absolute Gasteiger partial charge is 0.278 e. The number of nitrogens with one attached hydrogen (secondary N) is 1. The van der Waals surface area contributed by atoms with E-state index in [1.54, 1.807) is 0 Å². The third-order valence-electron chi connectivity index (χ3n) is 3.35. The second-order valence-electron chi connectivity index (χ2n) is 4.59. The van der Waals surface area contributed by atoms with Gasteiger partial charge in [-0.3, -0.25) is 14.3 Å². The van der Waals surface area contributed by atoms with Gasteiger partial charge in [0.1, 0.15) is 6.23 Å². The number of H-pyrrole nitrogens is 1. The van der Waals surface area contributed by atoms with Crippen molar-refractivity contribution in [2.75, 3.05) is 12.3 Å². The number of imidazole rings is 1. The van der Waals surface area contributed by atoms with E-state index in [0.717, 1.165) is 0 Å². The van der Waals surface area contributed by atoms with Crippen LogP contribution in [0.5, 0.6) is 0 Å². The number of azide groups is 1. The van der Waals surface area contributed by atoms with E-state index < -0.39 is 23.9 Å². The summed E-state index contributed by atoms with van der Waals surface area (Å²) < 4.78 is 7.11. The van der Waals surface area contributed by atoms with Crippen LogP contribution in [0.3, 0.4) is 0 Å². The second kappa shape index (κ2) is 5.05. The summed E-state index contributed by atoms with van der Waals surface area (Å²) in [5.74, 6) is -0.0229. The van der Waals surface area contributed by atoms with E-state index >= 15 is 0 Å². The SMILES string of the molecule is [N-]=[N+]=N[C@H]1C[C@H](n2cnc3nc(N)[nH]c(=O)c32)O[C@@H]1CO. The zero-order valence-electron chi connectivity index (χ0n) is 10.7. The Morgan fingerprint density at radius 3 is 3.24 bits per heavy atom. The van der Waals surface area contributed by atoms with Gasteiger partial charge in [-0.05, 0) is 5.53 Å². The molecule has 0 aliphatic carbocycles. The lowest BCUT2D eigenvalue weighted by Gasteiger charge is -2.13. The van der Waals surface area contributed by atoms with Gasteiger partial charge in [0.2, 0.25) is 5.95 Å². The molecule has 3 atom stereocenters. The van der Waals surface area contributed by atoms with Crippen LogP contribution in [0.25, 0.3) is 21.6 Å². The molecule has 1 aliphatic heterocycles. The highest BCUT2D eigenvalue weighted by molar-refractivity contribution is 5.70. The molecule has 2 aromatic heterocycles. The molecule has 0 saturated carbocycles. The Hall–Kier alpha value is -2.62. The zero-order chi connectivity index (χ0) is 15.0. The first-order chi connectivity index (χ1) is 10.1. The molecule has 2 aromatic rings. The minimum atomic E-state index is -0.621. The predicted octanol–water partition coefficient (Wildman–Crippen LogP) is -0.340.